The number of nitrogens with one attached hydrogen (secondary N) is 2. The highest BCUT2D eigenvalue weighted by Crippen LogP contribution is 2.41. The van der Waals surface area contributed by atoms with E-state index in [1.54, 1.807) is 34.0 Å². The maximum Gasteiger partial charge on any atom is 0.290 e. The molecule has 258 valence electrons. The first-order valence-corrected chi connectivity index (χ1v) is 18.1. The molecular formula is C34H29BrFN5O7S2. The molecule has 16 heteroatoms. The number of phenolic OH excluding ortho intramolecular Hbond substituents is 1. The molecule has 0 spiro atoms. The van der Waals surface area contributed by atoms with E-state index in [4.69, 9.17) is 0 Å². The summed E-state index contributed by atoms with van der Waals surface area (Å²) < 4.78 is 16.1. The van der Waals surface area contributed by atoms with Crippen molar-refractivity contribution in [2.75, 3.05) is 23.4 Å². The average Bonchev–Trinajstić information content (AvgIpc) is 3.43. The monoisotopic (exact) mass is 781 g/mol. The number of amides is 4. The van der Waals surface area contributed by atoms with Crippen LogP contribution in [0.15, 0.2) is 99.3 Å². The van der Waals surface area contributed by atoms with Crippen LogP contribution in [0.1, 0.15) is 12.0 Å². The molecule has 2 aromatic carbocycles. The topological polar surface area (TPSA) is 163 Å². The quantitative estimate of drug-likeness (QED) is 0.0870. The lowest BCUT2D eigenvalue weighted by molar-refractivity contribution is -0.684. The number of aliphatic carboxylic acids is 1. The second-order valence-corrected chi connectivity index (χ2v) is 14.7. The molecule has 3 N–H and O–H groups in total. The Morgan fingerprint density at radius 1 is 1.10 bits per heavy atom. The number of carboxylic acid groups (broad SMARTS) is 1. The Balaban J connectivity index is 1.04. The molecule has 12 nitrogen and oxygen atoms in total. The summed E-state index contributed by atoms with van der Waals surface area (Å²) in [6, 6.07) is 13.7. The average molecular weight is 783 g/mol. The fourth-order valence-corrected chi connectivity index (χ4v) is 7.95. The molecule has 4 heterocycles. The zero-order valence-corrected chi connectivity index (χ0v) is 29.4. The van der Waals surface area contributed by atoms with E-state index in [0.717, 1.165) is 32.0 Å². The minimum absolute atomic E-state index is 0.0501. The first-order valence-electron chi connectivity index (χ1n) is 15.3. The number of hydrogen-bond acceptors (Lipinski definition) is 9. The third-order valence-electron chi connectivity index (χ3n) is 8.14. The van der Waals surface area contributed by atoms with Crippen LogP contribution in [-0.2, 0) is 37.1 Å². The number of likely N-dealkylation sites (tertiary alicyclic amines) is 1. The number of carboxylic acids is 1. The number of halogens is 2. The second kappa shape index (κ2) is 15.1. The summed E-state index contributed by atoms with van der Waals surface area (Å²) in [5, 5.41) is 26.2. The van der Waals surface area contributed by atoms with Crippen molar-refractivity contribution >= 4 is 74.7 Å². The number of rotatable bonds is 11. The number of phenols is 1. The number of hydrogen-bond donors (Lipinski definition) is 3. The lowest BCUT2D eigenvalue weighted by Crippen LogP contribution is -2.71. The molecule has 0 radical (unpaired) electrons. The Labute approximate surface area is 302 Å². The van der Waals surface area contributed by atoms with Gasteiger partial charge in [-0.1, -0.05) is 15.9 Å². The van der Waals surface area contributed by atoms with E-state index in [-0.39, 0.29) is 47.8 Å². The van der Waals surface area contributed by atoms with Gasteiger partial charge in [0.1, 0.15) is 11.4 Å². The highest BCUT2D eigenvalue weighted by atomic mass is 79.9. The van der Waals surface area contributed by atoms with E-state index in [0.29, 0.717) is 24.1 Å². The molecule has 2 fully saturated rings. The van der Waals surface area contributed by atoms with Crippen LogP contribution in [0.4, 0.5) is 10.1 Å². The number of carbonyl (C=O) groups excluding carboxylic acids is 5. The number of allylic oxidation sites excluding steroid dienone is 1. The van der Waals surface area contributed by atoms with Crippen LogP contribution in [0.3, 0.4) is 0 Å². The normalized spacial score (nSPS) is 19.4. The van der Waals surface area contributed by atoms with Crippen molar-refractivity contribution in [3.63, 3.8) is 0 Å². The van der Waals surface area contributed by atoms with Crippen molar-refractivity contribution in [1.82, 2.24) is 15.1 Å². The number of nitrogens with zero attached hydrogens (tertiary/aromatic N) is 3. The van der Waals surface area contributed by atoms with Crippen molar-refractivity contribution in [1.29, 1.82) is 0 Å². The fourth-order valence-electron chi connectivity index (χ4n) is 5.67. The van der Waals surface area contributed by atoms with Crippen molar-refractivity contribution in [2.24, 2.45) is 0 Å². The second-order valence-electron chi connectivity index (χ2n) is 11.6. The Bertz CT molecular complexity index is 1940. The van der Waals surface area contributed by atoms with Gasteiger partial charge < -0.3 is 30.5 Å². The van der Waals surface area contributed by atoms with Crippen LogP contribution >= 0.6 is 39.5 Å². The van der Waals surface area contributed by atoms with E-state index in [1.165, 1.54) is 35.7 Å². The first kappa shape index (κ1) is 35.2. The highest BCUT2D eigenvalue weighted by molar-refractivity contribution is 9.10. The van der Waals surface area contributed by atoms with Gasteiger partial charge in [0, 0.05) is 57.7 Å². The van der Waals surface area contributed by atoms with Crippen LogP contribution in [0.25, 0.3) is 0 Å². The third kappa shape index (κ3) is 7.87. The van der Waals surface area contributed by atoms with Crippen LogP contribution in [0.2, 0.25) is 0 Å². The summed E-state index contributed by atoms with van der Waals surface area (Å²) in [7, 11) is 0. The molecule has 0 unspecified atom stereocenters. The molecule has 6 rings (SSSR count). The predicted molar refractivity (Wildman–Crippen MR) is 183 cm³/mol. The summed E-state index contributed by atoms with van der Waals surface area (Å²) in [5.74, 6) is -4.15. The maximum atomic E-state index is 13.6. The fraction of sp³-hybridized carbons (Fsp3) is 0.235. The lowest BCUT2D eigenvalue weighted by atomic mass is 10.0. The van der Waals surface area contributed by atoms with E-state index in [2.05, 4.69) is 26.6 Å². The van der Waals surface area contributed by atoms with Gasteiger partial charge in [-0.25, -0.2) is 4.39 Å². The molecule has 4 amide bonds. The summed E-state index contributed by atoms with van der Waals surface area (Å²) in [4.78, 5) is 67.2. The van der Waals surface area contributed by atoms with Gasteiger partial charge in [0.2, 0.25) is 18.4 Å². The summed E-state index contributed by atoms with van der Waals surface area (Å²) in [6.45, 7) is 0.640. The van der Waals surface area contributed by atoms with Gasteiger partial charge in [-0.2, -0.15) is 4.57 Å². The molecule has 0 aliphatic carbocycles. The number of carbonyl (C=O) groups is 5. The number of fused-ring (bicyclic) bond motifs is 1. The van der Waals surface area contributed by atoms with Crippen molar-refractivity contribution < 1.29 is 43.1 Å². The molecule has 0 bridgehead atoms. The third-order valence-corrected chi connectivity index (χ3v) is 11.0. The van der Waals surface area contributed by atoms with E-state index >= 15 is 0 Å². The summed E-state index contributed by atoms with van der Waals surface area (Å²) >= 11 is 5.99. The molecule has 3 aliphatic heterocycles. The van der Waals surface area contributed by atoms with Gasteiger partial charge in [0.05, 0.1) is 17.4 Å². The number of thioether (sulfide) groups is 2. The predicted octanol–water partition coefficient (Wildman–Crippen LogP) is 2.07. The number of pyridine rings is 1. The Morgan fingerprint density at radius 3 is 2.54 bits per heavy atom. The highest BCUT2D eigenvalue weighted by Gasteiger charge is 2.52. The largest absolute Gasteiger partial charge is 0.543 e. The van der Waals surface area contributed by atoms with Gasteiger partial charge in [-0.15, -0.1) is 23.5 Å². The van der Waals surface area contributed by atoms with Gasteiger partial charge in [-0.05, 0) is 60.0 Å². The Hall–Kier alpha value is -4.67. The molecule has 1 aromatic heterocycles. The van der Waals surface area contributed by atoms with Gasteiger partial charge in [0.15, 0.2) is 24.0 Å². The molecule has 3 aromatic rings. The van der Waals surface area contributed by atoms with Crippen molar-refractivity contribution in [2.45, 2.75) is 35.8 Å². The molecule has 0 saturated carbocycles. The molecule has 50 heavy (non-hydrogen) atoms. The van der Waals surface area contributed by atoms with Gasteiger partial charge in [0.25, 0.3) is 11.8 Å². The molecule has 3 aliphatic rings. The summed E-state index contributed by atoms with van der Waals surface area (Å²) in [5.41, 5.74) is 1.43. The van der Waals surface area contributed by atoms with E-state index in [1.807, 2.05) is 24.3 Å². The van der Waals surface area contributed by atoms with Crippen LogP contribution in [-0.4, -0.2) is 74.0 Å². The molecule has 2 atom stereocenters. The molecular weight excluding hydrogens is 753 g/mol. The number of aromatic hydroxyl groups is 1. The van der Waals surface area contributed by atoms with Crippen LogP contribution in [0.5, 0.6) is 5.75 Å². The summed E-state index contributed by atoms with van der Waals surface area (Å²) in [6.07, 6.45) is 5.27. The zero-order chi connectivity index (χ0) is 35.5. The van der Waals surface area contributed by atoms with Crippen LogP contribution in [0, 0.1) is 5.82 Å². The van der Waals surface area contributed by atoms with E-state index in [9.17, 15) is 38.6 Å². The number of aromatic nitrogens is 1. The molecule has 2 saturated heterocycles. The van der Waals surface area contributed by atoms with Crippen molar-refractivity contribution in [3.05, 3.63) is 106 Å². The minimum Gasteiger partial charge on any atom is -0.543 e. The zero-order valence-electron chi connectivity index (χ0n) is 26.1. The number of β-lactam (4-membered cyclic amide) rings is 1. The first-order chi connectivity index (χ1) is 24.0. The number of benzene rings is 2. The van der Waals surface area contributed by atoms with E-state index < -0.39 is 40.8 Å². The number of anilines is 1. The smallest absolute Gasteiger partial charge is 0.290 e. The lowest BCUT2D eigenvalue weighted by Gasteiger charge is -2.50. The van der Waals surface area contributed by atoms with Gasteiger partial charge in [-0.3, -0.25) is 24.1 Å². The Morgan fingerprint density at radius 2 is 1.84 bits per heavy atom. The van der Waals surface area contributed by atoms with Crippen LogP contribution < -0.4 is 20.3 Å². The standard InChI is InChI=1S/C34H29BrFN5O7S2/c35-22-1-4-24(5-2-22)49-18-28(44)38-29-32(46)41-30(34(47)48)21(17-50-33(29)41)13-20-9-12-40(31(20)45)15-19-7-10-39(11-8-19)16-27(43)37-23-3-6-26(42)25(36)14-23/h1-8,10-11,13-14,29,33H,9,12,15-18H2,(H3-,37,38,42,43,44,47,48)/t29-,33-/m1/s1. The Kier molecular flexibility index (Phi) is 10.6. The SMILES string of the molecule is O=C(C[n+]1ccc(CN2CCC(=CC3=C(C(=O)[O-])N4C(=O)[C@@H](NC(=O)CSc5ccc(Br)cc5)[C@H]4SC3)C2=O)cc1)Nc1ccc(O)c(F)c1. The maximum absolute atomic E-state index is 13.6. The van der Waals surface area contributed by atoms with Crippen molar-refractivity contribution in [3.8, 4) is 5.75 Å². The van der Waals surface area contributed by atoms with Gasteiger partial charge >= 0.3 is 0 Å². The minimum atomic E-state index is -1.53.